The summed E-state index contributed by atoms with van der Waals surface area (Å²) in [6.07, 6.45) is 1.25. The number of cyclic esters (lactones) is 2. The van der Waals surface area contributed by atoms with Gasteiger partial charge in [0.15, 0.2) is 0 Å². The molecule has 0 spiro atoms. The molecule has 2 aromatic carbocycles. The Balaban J connectivity index is 0.000000161. The van der Waals surface area contributed by atoms with Crippen LogP contribution in [-0.4, -0.2) is 35.4 Å². The molecule has 148 valence electrons. The van der Waals surface area contributed by atoms with Crippen LogP contribution in [0, 0.1) is 7.14 Å². The lowest BCUT2D eigenvalue weighted by Gasteiger charge is -2.05. The van der Waals surface area contributed by atoms with E-state index in [0.29, 0.717) is 37.2 Å². The van der Waals surface area contributed by atoms with Gasteiger partial charge in [0.2, 0.25) is 0 Å². The lowest BCUT2D eigenvalue weighted by molar-refractivity contribution is 0.0526. The normalized spacial score (nSPS) is 14.0. The maximum atomic E-state index is 11.2. The Morgan fingerprint density at radius 3 is 2.21 bits per heavy atom. The molecule has 8 heteroatoms. The van der Waals surface area contributed by atoms with Crippen LogP contribution in [0.15, 0.2) is 24.3 Å². The molecule has 0 fully saturated rings. The summed E-state index contributed by atoms with van der Waals surface area (Å²) in [5.74, 6) is -0.484. The van der Waals surface area contributed by atoms with Gasteiger partial charge in [-0.25, -0.2) is 9.59 Å². The second-order valence-corrected chi connectivity index (χ2v) is 8.51. The number of aliphatic hydroxyl groups excluding tert-OH is 2. The van der Waals surface area contributed by atoms with Gasteiger partial charge in [0, 0.05) is 31.5 Å². The van der Waals surface area contributed by atoms with Gasteiger partial charge in [0.1, 0.15) is 13.2 Å². The molecule has 2 aromatic rings. The zero-order valence-electron chi connectivity index (χ0n) is 14.8. The summed E-state index contributed by atoms with van der Waals surface area (Å²) >= 11 is 4.36. The Kier molecular flexibility index (Phi) is 7.29. The van der Waals surface area contributed by atoms with E-state index in [1.165, 1.54) is 0 Å². The highest BCUT2D eigenvalue weighted by atomic mass is 127. The molecule has 2 aliphatic rings. The summed E-state index contributed by atoms with van der Waals surface area (Å²) in [6.45, 7) is 0.988. The van der Waals surface area contributed by atoms with Crippen LogP contribution in [0.4, 0.5) is 0 Å². The van der Waals surface area contributed by atoms with Crippen LogP contribution in [-0.2, 0) is 35.5 Å². The third kappa shape index (κ3) is 4.50. The largest absolute Gasteiger partial charge is 0.457 e. The second kappa shape index (κ2) is 9.51. The summed E-state index contributed by atoms with van der Waals surface area (Å²) in [4.78, 5) is 22.4. The number of halogens is 2. The summed E-state index contributed by atoms with van der Waals surface area (Å²) in [5.41, 5.74) is 5.36. The molecule has 2 aliphatic heterocycles. The molecule has 0 saturated heterocycles. The van der Waals surface area contributed by atoms with Gasteiger partial charge in [0.25, 0.3) is 0 Å². The molecular weight excluding hydrogens is 590 g/mol. The molecule has 0 amide bonds. The Bertz CT molecular complexity index is 915. The number of fused-ring (bicyclic) bond motifs is 2. The van der Waals surface area contributed by atoms with Gasteiger partial charge in [-0.1, -0.05) is 12.1 Å². The molecule has 0 bridgehead atoms. The lowest BCUT2D eigenvalue weighted by Crippen LogP contribution is -1.99. The van der Waals surface area contributed by atoms with Crippen LogP contribution in [0.3, 0.4) is 0 Å². The third-order valence-electron chi connectivity index (χ3n) is 4.50. The number of benzene rings is 2. The number of carbonyl (C=O) groups excluding carboxylic acids is 2. The zero-order valence-corrected chi connectivity index (χ0v) is 19.2. The number of rotatable bonds is 4. The maximum absolute atomic E-state index is 11.2. The van der Waals surface area contributed by atoms with E-state index in [0.717, 1.165) is 29.4 Å². The smallest absolute Gasteiger partial charge is 0.338 e. The predicted octanol–water partition coefficient (Wildman–Crippen LogP) is 2.99. The Hall–Kier alpha value is -1.24. The Morgan fingerprint density at radius 2 is 1.50 bits per heavy atom. The van der Waals surface area contributed by atoms with Crippen molar-refractivity contribution in [1.82, 2.24) is 0 Å². The van der Waals surface area contributed by atoms with Crippen LogP contribution in [0.1, 0.15) is 43.0 Å². The van der Waals surface area contributed by atoms with Gasteiger partial charge in [-0.3, -0.25) is 0 Å². The van der Waals surface area contributed by atoms with E-state index in [4.69, 9.17) is 19.7 Å². The van der Waals surface area contributed by atoms with E-state index in [1.54, 1.807) is 6.07 Å². The first-order chi connectivity index (χ1) is 13.5. The average Bonchev–Trinajstić information content (AvgIpc) is 3.23. The van der Waals surface area contributed by atoms with E-state index in [2.05, 4.69) is 45.2 Å². The molecule has 6 nitrogen and oxygen atoms in total. The van der Waals surface area contributed by atoms with E-state index < -0.39 is 0 Å². The lowest BCUT2D eigenvalue weighted by atomic mass is 10.0. The topological polar surface area (TPSA) is 93.1 Å². The first-order valence-corrected chi connectivity index (χ1v) is 10.8. The maximum Gasteiger partial charge on any atom is 0.338 e. The third-order valence-corrected chi connectivity index (χ3v) is 6.85. The van der Waals surface area contributed by atoms with E-state index in [-0.39, 0.29) is 25.2 Å². The van der Waals surface area contributed by atoms with Crippen molar-refractivity contribution < 1.29 is 29.3 Å². The Labute approximate surface area is 189 Å². The van der Waals surface area contributed by atoms with Crippen LogP contribution in [0.5, 0.6) is 0 Å². The standard InChI is InChI=1S/2C10H9IO3/c11-9-4-8-7(5-14-10(8)13)3-6(9)1-2-12;11-9-6(3-4-12)1-2-7-8(9)5-14-10(7)13/h3-4,12H,1-2,5H2;1-2,12H,3-5H2. The first-order valence-electron chi connectivity index (χ1n) is 8.63. The molecule has 0 aliphatic carbocycles. The molecule has 4 rings (SSSR count). The highest BCUT2D eigenvalue weighted by molar-refractivity contribution is 14.1. The molecule has 0 atom stereocenters. The summed E-state index contributed by atoms with van der Waals surface area (Å²) in [6, 6.07) is 7.43. The minimum Gasteiger partial charge on any atom is -0.457 e. The molecular formula is C20H18I2O6. The van der Waals surface area contributed by atoms with Gasteiger partial charge < -0.3 is 19.7 Å². The number of hydrogen-bond donors (Lipinski definition) is 2. The highest BCUT2D eigenvalue weighted by Crippen LogP contribution is 2.28. The summed E-state index contributed by atoms with van der Waals surface area (Å²) in [7, 11) is 0. The molecule has 0 aromatic heterocycles. The fourth-order valence-corrected chi connectivity index (χ4v) is 4.68. The molecule has 28 heavy (non-hydrogen) atoms. The number of aliphatic hydroxyl groups is 2. The van der Waals surface area contributed by atoms with Crippen molar-refractivity contribution in [3.63, 3.8) is 0 Å². The van der Waals surface area contributed by atoms with Gasteiger partial charge in [-0.15, -0.1) is 0 Å². The second-order valence-electron chi connectivity index (χ2n) is 6.27. The number of ether oxygens (including phenoxy) is 2. The Morgan fingerprint density at radius 1 is 0.857 bits per heavy atom. The van der Waals surface area contributed by atoms with Crippen molar-refractivity contribution in [2.45, 2.75) is 26.1 Å². The number of carbonyl (C=O) groups is 2. The predicted molar refractivity (Wildman–Crippen MR) is 118 cm³/mol. The molecule has 0 unspecified atom stereocenters. The molecule has 2 N–H and O–H groups in total. The van der Waals surface area contributed by atoms with Crippen LogP contribution in [0.2, 0.25) is 0 Å². The summed E-state index contributed by atoms with van der Waals surface area (Å²) < 4.78 is 11.9. The van der Waals surface area contributed by atoms with Gasteiger partial charge >= 0.3 is 11.9 Å². The highest BCUT2D eigenvalue weighted by Gasteiger charge is 2.24. The van der Waals surface area contributed by atoms with Crippen LogP contribution < -0.4 is 0 Å². The summed E-state index contributed by atoms with van der Waals surface area (Å²) in [5, 5.41) is 17.7. The minimum atomic E-state index is -0.242. The van der Waals surface area contributed by atoms with Crippen molar-refractivity contribution in [3.8, 4) is 0 Å². The van der Waals surface area contributed by atoms with E-state index in [9.17, 15) is 9.59 Å². The number of hydrogen-bond acceptors (Lipinski definition) is 6. The average molecular weight is 608 g/mol. The van der Waals surface area contributed by atoms with Gasteiger partial charge in [-0.05, 0) is 81.3 Å². The van der Waals surface area contributed by atoms with Gasteiger partial charge in [0.05, 0.1) is 11.1 Å². The monoisotopic (exact) mass is 608 g/mol. The van der Waals surface area contributed by atoms with E-state index >= 15 is 0 Å². The van der Waals surface area contributed by atoms with Crippen molar-refractivity contribution in [2.75, 3.05) is 13.2 Å². The fourth-order valence-electron chi connectivity index (χ4n) is 3.04. The van der Waals surface area contributed by atoms with Crippen LogP contribution >= 0.6 is 45.2 Å². The zero-order chi connectivity index (χ0) is 20.3. The van der Waals surface area contributed by atoms with Crippen LogP contribution in [0.25, 0.3) is 0 Å². The number of esters is 2. The van der Waals surface area contributed by atoms with Crippen molar-refractivity contribution in [2.24, 2.45) is 0 Å². The first kappa shape index (κ1) is 21.5. The SMILES string of the molecule is O=C1OCc2c1ccc(CCO)c2I.O=C1OCc2cc(CCO)c(I)cc21. The molecule has 0 radical (unpaired) electrons. The van der Waals surface area contributed by atoms with Crippen molar-refractivity contribution in [3.05, 3.63) is 64.8 Å². The quantitative estimate of drug-likeness (QED) is 0.410. The van der Waals surface area contributed by atoms with E-state index in [1.807, 2.05) is 18.2 Å². The van der Waals surface area contributed by atoms with Crippen molar-refractivity contribution in [1.29, 1.82) is 0 Å². The molecule has 2 heterocycles. The minimum absolute atomic E-state index is 0.129. The van der Waals surface area contributed by atoms with Gasteiger partial charge in [-0.2, -0.15) is 0 Å². The molecule has 0 saturated carbocycles. The van der Waals surface area contributed by atoms with Crippen molar-refractivity contribution >= 4 is 57.1 Å². The fraction of sp³-hybridized carbons (Fsp3) is 0.300.